The van der Waals surface area contributed by atoms with Crippen molar-refractivity contribution in [2.45, 2.75) is 13.8 Å². The molecule has 0 fully saturated rings. The molecule has 0 bridgehead atoms. The number of aromatic nitrogens is 6. The molecule has 2 aromatic heterocycles. The minimum atomic E-state index is 0.392. The van der Waals surface area contributed by atoms with Crippen LogP contribution in [0, 0.1) is 13.8 Å². The lowest BCUT2D eigenvalue weighted by atomic mass is 10.4. The van der Waals surface area contributed by atoms with Gasteiger partial charge in [-0.2, -0.15) is 0 Å². The number of rotatable bonds is 1. The Labute approximate surface area is 80.5 Å². The maximum Gasteiger partial charge on any atom is 0.223 e. The van der Waals surface area contributed by atoms with E-state index in [0.717, 1.165) is 5.69 Å². The van der Waals surface area contributed by atoms with Crippen molar-refractivity contribution < 1.29 is 0 Å². The summed E-state index contributed by atoms with van der Waals surface area (Å²) in [5.41, 5.74) is 1.43. The normalized spacial score (nSPS) is 10.1. The number of nitrogens with zero attached hydrogens (tertiary/aromatic N) is 6. The Bertz CT molecular complexity index is 377. The van der Waals surface area contributed by atoms with E-state index in [-0.39, 0.29) is 0 Å². The summed E-state index contributed by atoms with van der Waals surface area (Å²) in [4.78, 5) is 8.19. The highest BCUT2D eigenvalue weighted by atomic mass is 15.3. The Morgan fingerprint density at radius 2 is 1.57 bits per heavy atom. The zero-order chi connectivity index (χ0) is 9.97. The van der Waals surface area contributed by atoms with Crippen molar-refractivity contribution in [3.8, 4) is 11.5 Å². The predicted molar refractivity (Wildman–Crippen MR) is 48.1 cm³/mol. The van der Waals surface area contributed by atoms with Crippen LogP contribution in [0.5, 0.6) is 0 Å². The number of hydrogen-bond acceptors (Lipinski definition) is 6. The first kappa shape index (κ1) is 8.61. The van der Waals surface area contributed by atoms with Crippen molar-refractivity contribution in [2.24, 2.45) is 0 Å². The molecule has 0 aliphatic heterocycles. The van der Waals surface area contributed by atoms with E-state index in [4.69, 9.17) is 0 Å². The Balaban J connectivity index is 2.40. The molecule has 0 unspecified atom stereocenters. The fourth-order valence-corrected chi connectivity index (χ4v) is 0.890. The lowest BCUT2D eigenvalue weighted by molar-refractivity contribution is 0.810. The van der Waals surface area contributed by atoms with E-state index < -0.39 is 0 Å². The van der Waals surface area contributed by atoms with Crippen LogP contribution in [0.1, 0.15) is 11.5 Å². The Kier molecular flexibility index (Phi) is 2.10. The Morgan fingerprint density at radius 3 is 2.14 bits per heavy atom. The molecular weight excluding hydrogens is 180 g/mol. The minimum Gasteiger partial charge on any atom is -0.258 e. The van der Waals surface area contributed by atoms with Crippen LogP contribution >= 0.6 is 0 Å². The monoisotopic (exact) mass is 188 g/mol. The van der Waals surface area contributed by atoms with Gasteiger partial charge in [-0.3, -0.25) is 4.98 Å². The van der Waals surface area contributed by atoms with Gasteiger partial charge in [-0.25, -0.2) is 4.98 Å². The van der Waals surface area contributed by atoms with E-state index in [1.807, 2.05) is 6.92 Å². The molecule has 0 aliphatic rings. The molecule has 0 amide bonds. The summed E-state index contributed by atoms with van der Waals surface area (Å²) in [5, 5.41) is 15.3. The zero-order valence-corrected chi connectivity index (χ0v) is 7.84. The highest BCUT2D eigenvalue weighted by Gasteiger charge is 2.03. The summed E-state index contributed by atoms with van der Waals surface area (Å²) in [5.74, 6) is 0.928. The predicted octanol–water partition coefficient (Wildman–Crippen LogP) is 0.340. The van der Waals surface area contributed by atoms with Crippen LogP contribution in [0.15, 0.2) is 12.4 Å². The van der Waals surface area contributed by atoms with Gasteiger partial charge in [0, 0.05) is 6.20 Å². The quantitative estimate of drug-likeness (QED) is 0.642. The lowest BCUT2D eigenvalue weighted by Gasteiger charge is -1.96. The van der Waals surface area contributed by atoms with Crippen molar-refractivity contribution in [2.75, 3.05) is 0 Å². The molecule has 2 rings (SSSR count). The van der Waals surface area contributed by atoms with Gasteiger partial charge in [0.1, 0.15) is 5.69 Å². The van der Waals surface area contributed by atoms with Crippen LogP contribution in [-0.2, 0) is 0 Å². The minimum absolute atomic E-state index is 0.392. The molecule has 2 heterocycles. The van der Waals surface area contributed by atoms with Gasteiger partial charge < -0.3 is 0 Å². The van der Waals surface area contributed by atoms with Crippen molar-refractivity contribution in [3.63, 3.8) is 0 Å². The highest BCUT2D eigenvalue weighted by Crippen LogP contribution is 2.06. The number of hydrogen-bond donors (Lipinski definition) is 0. The summed E-state index contributed by atoms with van der Waals surface area (Å²) < 4.78 is 0. The maximum atomic E-state index is 4.11. The first-order valence-corrected chi connectivity index (χ1v) is 4.09. The largest absolute Gasteiger partial charge is 0.258 e. The molecule has 0 N–H and O–H groups in total. The molecule has 14 heavy (non-hydrogen) atoms. The van der Waals surface area contributed by atoms with Crippen LogP contribution in [0.2, 0.25) is 0 Å². The summed E-state index contributed by atoms with van der Waals surface area (Å²) in [7, 11) is 0. The molecule has 70 valence electrons. The molecule has 0 saturated carbocycles. The van der Waals surface area contributed by atoms with E-state index in [9.17, 15) is 0 Å². The van der Waals surface area contributed by atoms with E-state index in [2.05, 4.69) is 30.4 Å². The summed E-state index contributed by atoms with van der Waals surface area (Å²) >= 11 is 0. The van der Waals surface area contributed by atoms with Crippen LogP contribution in [0.4, 0.5) is 0 Å². The van der Waals surface area contributed by atoms with Crippen LogP contribution in [0.25, 0.3) is 11.5 Å². The van der Waals surface area contributed by atoms with Gasteiger partial charge in [0.05, 0.1) is 11.9 Å². The van der Waals surface area contributed by atoms with Crippen LogP contribution in [0.3, 0.4) is 0 Å². The first-order valence-electron chi connectivity index (χ1n) is 4.09. The third-order valence-corrected chi connectivity index (χ3v) is 1.59. The molecular formula is C8H8N6. The fraction of sp³-hybridized carbons (Fsp3) is 0.250. The van der Waals surface area contributed by atoms with E-state index in [0.29, 0.717) is 17.3 Å². The van der Waals surface area contributed by atoms with Crippen LogP contribution in [-0.4, -0.2) is 30.4 Å². The highest BCUT2D eigenvalue weighted by molar-refractivity contribution is 5.44. The number of aryl methyl sites for hydroxylation is 2. The van der Waals surface area contributed by atoms with Gasteiger partial charge in [-0.1, -0.05) is 0 Å². The zero-order valence-electron chi connectivity index (χ0n) is 7.84. The van der Waals surface area contributed by atoms with Crippen molar-refractivity contribution in [3.05, 3.63) is 23.9 Å². The molecule has 6 heteroatoms. The smallest absolute Gasteiger partial charge is 0.223 e. The molecule has 0 spiro atoms. The van der Waals surface area contributed by atoms with Crippen LogP contribution < -0.4 is 0 Å². The second-order valence-electron chi connectivity index (χ2n) is 2.81. The molecule has 0 atom stereocenters. The van der Waals surface area contributed by atoms with Gasteiger partial charge in [0.15, 0.2) is 5.82 Å². The maximum absolute atomic E-state index is 4.11. The molecule has 6 nitrogen and oxygen atoms in total. The average Bonchev–Trinajstić information content (AvgIpc) is 2.21. The topological polar surface area (TPSA) is 77.3 Å². The molecule has 0 saturated heterocycles. The molecule has 0 aromatic carbocycles. The SMILES string of the molecule is Cc1cnc(-c2nnc(C)nn2)cn1. The third kappa shape index (κ3) is 1.68. The first-order chi connectivity index (χ1) is 6.75. The van der Waals surface area contributed by atoms with Gasteiger partial charge in [-0.15, -0.1) is 20.4 Å². The second-order valence-corrected chi connectivity index (χ2v) is 2.81. The standard InChI is InChI=1S/C8H8N6/c1-5-3-10-7(4-9-5)8-13-11-6(2)12-14-8/h3-4H,1-2H3. The summed E-state index contributed by atoms with van der Waals surface area (Å²) in [6, 6.07) is 0. The van der Waals surface area contributed by atoms with Gasteiger partial charge in [-0.05, 0) is 13.8 Å². The molecule has 0 aliphatic carbocycles. The van der Waals surface area contributed by atoms with E-state index in [1.165, 1.54) is 0 Å². The van der Waals surface area contributed by atoms with Crippen molar-refractivity contribution >= 4 is 0 Å². The van der Waals surface area contributed by atoms with Crippen molar-refractivity contribution in [1.29, 1.82) is 0 Å². The Hall–Kier alpha value is -1.98. The van der Waals surface area contributed by atoms with Gasteiger partial charge in [0.2, 0.25) is 5.82 Å². The van der Waals surface area contributed by atoms with E-state index in [1.54, 1.807) is 19.3 Å². The van der Waals surface area contributed by atoms with Gasteiger partial charge >= 0.3 is 0 Å². The second kappa shape index (κ2) is 3.41. The Morgan fingerprint density at radius 1 is 0.857 bits per heavy atom. The summed E-state index contributed by atoms with van der Waals surface area (Å²) in [6.07, 6.45) is 3.25. The molecule has 2 aromatic rings. The van der Waals surface area contributed by atoms with Gasteiger partial charge in [0.25, 0.3) is 0 Å². The third-order valence-electron chi connectivity index (χ3n) is 1.59. The molecule has 0 radical (unpaired) electrons. The lowest BCUT2D eigenvalue weighted by Crippen LogP contribution is -2.00. The van der Waals surface area contributed by atoms with Crippen molar-refractivity contribution in [1.82, 2.24) is 30.4 Å². The van der Waals surface area contributed by atoms with E-state index >= 15 is 0 Å². The average molecular weight is 188 g/mol. The fourth-order valence-electron chi connectivity index (χ4n) is 0.890. The summed E-state index contributed by atoms with van der Waals surface area (Å²) in [6.45, 7) is 3.59.